The highest BCUT2D eigenvalue weighted by Crippen LogP contribution is 2.50. The highest BCUT2D eigenvalue weighted by atomic mass is 32.1. The van der Waals surface area contributed by atoms with Crippen LogP contribution >= 0.6 is 11.3 Å². The lowest BCUT2D eigenvalue weighted by atomic mass is 10.1. The van der Waals surface area contributed by atoms with Crippen LogP contribution in [0.25, 0.3) is 0 Å². The number of rotatable bonds is 6. The molecule has 8 heteroatoms. The molecule has 0 unspecified atom stereocenters. The molecule has 0 saturated heterocycles. The predicted molar refractivity (Wildman–Crippen MR) is 80.5 cm³/mol. The zero-order chi connectivity index (χ0) is 15.0. The molecule has 0 aliphatic heterocycles. The van der Waals surface area contributed by atoms with Gasteiger partial charge >= 0.3 is 0 Å². The first-order valence-electron chi connectivity index (χ1n) is 6.81. The molecular formula is C13H17N5O2S. The fourth-order valence-corrected chi connectivity index (χ4v) is 3.36. The van der Waals surface area contributed by atoms with E-state index in [0.717, 1.165) is 23.4 Å². The zero-order valence-corrected chi connectivity index (χ0v) is 12.5. The fourth-order valence-electron chi connectivity index (χ4n) is 2.28. The maximum absolute atomic E-state index is 11.4. The van der Waals surface area contributed by atoms with Gasteiger partial charge in [-0.2, -0.15) is 4.98 Å². The lowest BCUT2D eigenvalue weighted by Gasteiger charge is -2.05. The normalized spacial score (nSPS) is 14.3. The number of hydrogen-bond donors (Lipinski definition) is 3. The van der Waals surface area contributed by atoms with Crippen LogP contribution in [0, 0.1) is 6.92 Å². The third-order valence-electron chi connectivity index (χ3n) is 3.40. The molecular weight excluding hydrogens is 290 g/mol. The molecule has 7 nitrogen and oxygen atoms in total. The summed E-state index contributed by atoms with van der Waals surface area (Å²) in [7, 11) is 0. The van der Waals surface area contributed by atoms with Crippen LogP contribution in [-0.2, 0) is 6.42 Å². The molecule has 1 fully saturated rings. The Kier molecular flexibility index (Phi) is 3.54. The Labute approximate surface area is 125 Å². The van der Waals surface area contributed by atoms with E-state index in [2.05, 4.69) is 15.5 Å². The van der Waals surface area contributed by atoms with E-state index in [1.165, 1.54) is 11.3 Å². The van der Waals surface area contributed by atoms with E-state index in [1.54, 1.807) is 6.92 Å². The largest absolute Gasteiger partial charge is 0.397 e. The van der Waals surface area contributed by atoms with Crippen LogP contribution in [0.2, 0.25) is 0 Å². The highest BCUT2D eigenvalue weighted by molar-refractivity contribution is 7.18. The lowest BCUT2D eigenvalue weighted by molar-refractivity contribution is 0.100. The summed E-state index contributed by atoms with van der Waals surface area (Å²) >= 11 is 1.33. The average Bonchev–Trinajstić information content (AvgIpc) is 3.09. The molecule has 3 rings (SSSR count). The third kappa shape index (κ3) is 2.85. The van der Waals surface area contributed by atoms with E-state index >= 15 is 0 Å². The molecule has 112 valence electrons. The number of carbonyl (C=O) groups is 1. The second-order valence-corrected chi connectivity index (χ2v) is 6.15. The van der Waals surface area contributed by atoms with Gasteiger partial charge in [0.15, 0.2) is 5.82 Å². The van der Waals surface area contributed by atoms with Gasteiger partial charge in [0.2, 0.25) is 5.89 Å². The Bertz CT molecular complexity index is 674. The molecule has 2 aromatic heterocycles. The number of aryl methyl sites for hydroxylation is 1. The zero-order valence-electron chi connectivity index (χ0n) is 11.7. The van der Waals surface area contributed by atoms with Gasteiger partial charge in [-0.3, -0.25) is 4.79 Å². The van der Waals surface area contributed by atoms with E-state index in [1.807, 2.05) is 0 Å². The van der Waals surface area contributed by atoms with Crippen molar-refractivity contribution in [3.63, 3.8) is 0 Å². The van der Waals surface area contributed by atoms with Gasteiger partial charge in [-0.05, 0) is 18.8 Å². The Morgan fingerprint density at radius 2 is 2.29 bits per heavy atom. The van der Waals surface area contributed by atoms with E-state index in [9.17, 15) is 4.79 Å². The van der Waals surface area contributed by atoms with Crippen LogP contribution in [0.15, 0.2) is 4.52 Å². The first kappa shape index (κ1) is 13.9. The minimum atomic E-state index is -0.471. The summed E-state index contributed by atoms with van der Waals surface area (Å²) in [5.41, 5.74) is 13.0. The standard InChI is InChI=1S/C13H17N5O2S/c1-6-17-8(18-20-6)4-5-16-13-9(7-2-3-7)10(14)11(21-13)12(15)19/h7,16H,2-5,14H2,1H3,(H2,15,19). The molecule has 21 heavy (non-hydrogen) atoms. The van der Waals surface area contributed by atoms with Crippen molar-refractivity contribution in [1.29, 1.82) is 0 Å². The maximum Gasteiger partial charge on any atom is 0.260 e. The Hall–Kier alpha value is -2.09. The monoisotopic (exact) mass is 307 g/mol. The van der Waals surface area contributed by atoms with Crippen molar-refractivity contribution in [3.8, 4) is 0 Å². The van der Waals surface area contributed by atoms with Crippen molar-refractivity contribution in [3.05, 3.63) is 22.2 Å². The molecule has 1 aliphatic carbocycles. The number of hydrogen-bond acceptors (Lipinski definition) is 7. The number of thiophene rings is 1. The van der Waals surface area contributed by atoms with Gasteiger partial charge in [-0.1, -0.05) is 5.16 Å². The van der Waals surface area contributed by atoms with Crippen LogP contribution in [0.5, 0.6) is 0 Å². The van der Waals surface area contributed by atoms with Crippen molar-refractivity contribution in [2.24, 2.45) is 5.73 Å². The number of aromatic nitrogens is 2. The molecule has 2 heterocycles. The molecule has 1 saturated carbocycles. The van der Waals surface area contributed by atoms with Crippen molar-refractivity contribution in [2.75, 3.05) is 17.6 Å². The van der Waals surface area contributed by atoms with Crippen LogP contribution in [0.4, 0.5) is 10.7 Å². The third-order valence-corrected chi connectivity index (χ3v) is 4.59. The smallest absolute Gasteiger partial charge is 0.260 e. The molecule has 0 atom stereocenters. The number of amides is 1. The number of nitrogens with two attached hydrogens (primary N) is 2. The SMILES string of the molecule is Cc1nc(CCNc2sc(C(N)=O)c(N)c2C2CC2)no1. The number of nitrogens with one attached hydrogen (secondary N) is 1. The molecule has 2 aromatic rings. The number of nitrogens with zero attached hydrogens (tertiary/aromatic N) is 2. The van der Waals surface area contributed by atoms with Gasteiger partial charge in [0.1, 0.15) is 4.88 Å². The number of nitrogen functional groups attached to an aromatic ring is 1. The van der Waals surface area contributed by atoms with Crippen molar-refractivity contribution in [1.82, 2.24) is 10.1 Å². The Balaban J connectivity index is 1.72. The van der Waals surface area contributed by atoms with Crippen LogP contribution in [-0.4, -0.2) is 22.6 Å². The highest BCUT2D eigenvalue weighted by Gasteiger charge is 2.32. The van der Waals surface area contributed by atoms with E-state index < -0.39 is 5.91 Å². The van der Waals surface area contributed by atoms with Gasteiger partial charge in [-0.25, -0.2) is 0 Å². The van der Waals surface area contributed by atoms with Gasteiger partial charge < -0.3 is 21.3 Å². The molecule has 5 N–H and O–H groups in total. The second kappa shape index (κ2) is 5.36. The Morgan fingerprint density at radius 3 is 2.86 bits per heavy atom. The first-order chi connectivity index (χ1) is 10.1. The van der Waals surface area contributed by atoms with Crippen LogP contribution < -0.4 is 16.8 Å². The van der Waals surface area contributed by atoms with Gasteiger partial charge in [0.05, 0.1) is 10.7 Å². The second-order valence-electron chi connectivity index (χ2n) is 5.13. The summed E-state index contributed by atoms with van der Waals surface area (Å²) in [5.74, 6) is 1.19. The summed E-state index contributed by atoms with van der Waals surface area (Å²) in [6.45, 7) is 2.41. The quantitative estimate of drug-likeness (QED) is 0.746. The predicted octanol–water partition coefficient (Wildman–Crippen LogP) is 1.65. The number of primary amides is 1. The van der Waals surface area contributed by atoms with E-state index in [0.29, 0.717) is 41.2 Å². The number of carbonyl (C=O) groups excluding carboxylic acids is 1. The molecule has 0 spiro atoms. The minimum Gasteiger partial charge on any atom is -0.397 e. The Morgan fingerprint density at radius 1 is 1.52 bits per heavy atom. The topological polar surface area (TPSA) is 120 Å². The summed E-state index contributed by atoms with van der Waals surface area (Å²) < 4.78 is 4.93. The van der Waals surface area contributed by atoms with E-state index in [-0.39, 0.29) is 0 Å². The van der Waals surface area contributed by atoms with Crippen LogP contribution in [0.3, 0.4) is 0 Å². The summed E-state index contributed by atoms with van der Waals surface area (Å²) in [4.78, 5) is 16.0. The molecule has 0 bridgehead atoms. The van der Waals surface area contributed by atoms with Crippen LogP contribution in [0.1, 0.15) is 45.7 Å². The van der Waals surface area contributed by atoms with Gasteiger partial charge in [0.25, 0.3) is 5.91 Å². The van der Waals surface area contributed by atoms with Crippen molar-refractivity contribution < 1.29 is 9.32 Å². The lowest BCUT2D eigenvalue weighted by Crippen LogP contribution is -2.11. The summed E-state index contributed by atoms with van der Waals surface area (Å²) in [6, 6.07) is 0. The molecule has 1 aliphatic rings. The van der Waals surface area contributed by atoms with Gasteiger partial charge in [0, 0.05) is 25.5 Å². The number of anilines is 2. The fraction of sp³-hybridized carbons (Fsp3) is 0.462. The first-order valence-corrected chi connectivity index (χ1v) is 7.63. The van der Waals surface area contributed by atoms with Crippen molar-refractivity contribution >= 4 is 27.9 Å². The molecule has 0 radical (unpaired) electrons. The average molecular weight is 307 g/mol. The molecule has 1 amide bonds. The molecule has 0 aromatic carbocycles. The summed E-state index contributed by atoms with van der Waals surface area (Å²) in [6.07, 6.45) is 2.86. The van der Waals surface area contributed by atoms with Gasteiger partial charge in [-0.15, -0.1) is 11.3 Å². The van der Waals surface area contributed by atoms with E-state index in [4.69, 9.17) is 16.0 Å². The summed E-state index contributed by atoms with van der Waals surface area (Å²) in [5, 5.41) is 8.10. The minimum absolute atomic E-state index is 0.440. The maximum atomic E-state index is 11.4. The van der Waals surface area contributed by atoms with Crippen molar-refractivity contribution in [2.45, 2.75) is 32.1 Å².